The Kier molecular flexibility index (Phi) is 5.86. The van der Waals surface area contributed by atoms with Gasteiger partial charge < -0.3 is 10.1 Å². The van der Waals surface area contributed by atoms with Crippen molar-refractivity contribution < 1.29 is 4.74 Å². The number of methoxy groups -OCH3 is 1. The SMILES string of the molecule is COc1ccc2nc(CN3CCNCC3c3ccncc3)sc2c1.Cl. The maximum atomic E-state index is 5.31. The first-order valence-electron chi connectivity index (χ1n) is 8.11. The van der Waals surface area contributed by atoms with Gasteiger partial charge in [0.2, 0.25) is 0 Å². The fourth-order valence-corrected chi connectivity index (χ4v) is 4.19. The summed E-state index contributed by atoms with van der Waals surface area (Å²) in [4.78, 5) is 11.4. The van der Waals surface area contributed by atoms with Gasteiger partial charge in [0.25, 0.3) is 0 Å². The van der Waals surface area contributed by atoms with Crippen LogP contribution in [0.4, 0.5) is 0 Å². The predicted octanol–water partition coefficient (Wildman–Crippen LogP) is 3.27. The van der Waals surface area contributed by atoms with Gasteiger partial charge in [0.1, 0.15) is 10.8 Å². The topological polar surface area (TPSA) is 50.3 Å². The van der Waals surface area contributed by atoms with Crippen molar-refractivity contribution in [3.8, 4) is 5.75 Å². The van der Waals surface area contributed by atoms with Gasteiger partial charge in [0.15, 0.2) is 0 Å². The fraction of sp³-hybridized carbons (Fsp3) is 0.333. The Morgan fingerprint density at radius 1 is 1.28 bits per heavy atom. The molecule has 1 aromatic carbocycles. The summed E-state index contributed by atoms with van der Waals surface area (Å²) in [6.07, 6.45) is 3.73. The van der Waals surface area contributed by atoms with E-state index in [0.29, 0.717) is 6.04 Å². The Bertz CT molecular complexity index is 826. The molecule has 0 aliphatic carbocycles. The molecule has 2 aromatic heterocycles. The van der Waals surface area contributed by atoms with Gasteiger partial charge >= 0.3 is 0 Å². The van der Waals surface area contributed by atoms with E-state index in [1.165, 1.54) is 10.3 Å². The third-order valence-corrected chi connectivity index (χ3v) is 5.43. The highest BCUT2D eigenvalue weighted by Crippen LogP contribution is 2.29. The van der Waals surface area contributed by atoms with E-state index in [0.717, 1.165) is 42.5 Å². The standard InChI is InChI=1S/C18H20N4OS.ClH/c1-23-14-2-3-15-17(10-14)24-18(21-15)12-22-9-8-20-11-16(22)13-4-6-19-7-5-13;/h2-7,10,16,20H,8-9,11-12H2,1H3;1H. The Hall–Kier alpha value is -1.73. The lowest BCUT2D eigenvalue weighted by molar-refractivity contribution is 0.153. The number of benzene rings is 1. The molecule has 1 fully saturated rings. The van der Waals surface area contributed by atoms with Crippen molar-refractivity contribution in [1.82, 2.24) is 20.2 Å². The number of piperazine rings is 1. The lowest BCUT2D eigenvalue weighted by Crippen LogP contribution is -2.45. The lowest BCUT2D eigenvalue weighted by Gasteiger charge is -2.35. The Balaban J connectivity index is 0.00000182. The first-order valence-corrected chi connectivity index (χ1v) is 8.93. The van der Waals surface area contributed by atoms with E-state index in [2.05, 4.69) is 33.4 Å². The number of ether oxygens (including phenoxy) is 1. The summed E-state index contributed by atoms with van der Waals surface area (Å²) in [6.45, 7) is 3.87. The molecule has 1 saturated heterocycles. The van der Waals surface area contributed by atoms with Crippen LogP contribution < -0.4 is 10.1 Å². The second kappa shape index (κ2) is 8.10. The number of fused-ring (bicyclic) bond motifs is 1. The quantitative estimate of drug-likeness (QED) is 0.757. The summed E-state index contributed by atoms with van der Waals surface area (Å²) in [6, 6.07) is 10.6. The third-order valence-electron chi connectivity index (χ3n) is 4.42. The van der Waals surface area contributed by atoms with Crippen LogP contribution in [-0.4, -0.2) is 41.6 Å². The van der Waals surface area contributed by atoms with E-state index in [9.17, 15) is 0 Å². The predicted molar refractivity (Wildman–Crippen MR) is 104 cm³/mol. The molecule has 1 aliphatic rings. The zero-order valence-electron chi connectivity index (χ0n) is 14.0. The fourth-order valence-electron chi connectivity index (χ4n) is 3.17. The molecular formula is C18H21ClN4OS. The summed E-state index contributed by atoms with van der Waals surface area (Å²) < 4.78 is 6.49. The van der Waals surface area contributed by atoms with Crippen molar-refractivity contribution in [1.29, 1.82) is 0 Å². The second-order valence-corrected chi connectivity index (χ2v) is 7.03. The molecule has 3 aromatic rings. The maximum Gasteiger partial charge on any atom is 0.120 e. The zero-order chi connectivity index (χ0) is 16.4. The molecule has 7 heteroatoms. The van der Waals surface area contributed by atoms with Crippen molar-refractivity contribution in [3.63, 3.8) is 0 Å². The summed E-state index contributed by atoms with van der Waals surface area (Å²) >= 11 is 1.75. The van der Waals surface area contributed by atoms with E-state index in [4.69, 9.17) is 9.72 Å². The first-order chi connectivity index (χ1) is 11.8. The number of halogens is 1. The van der Waals surface area contributed by atoms with Crippen LogP contribution in [0.1, 0.15) is 16.6 Å². The van der Waals surface area contributed by atoms with Gasteiger partial charge in [-0.25, -0.2) is 4.98 Å². The smallest absolute Gasteiger partial charge is 0.120 e. The lowest BCUT2D eigenvalue weighted by atomic mass is 10.0. The number of aromatic nitrogens is 2. The average molecular weight is 377 g/mol. The maximum absolute atomic E-state index is 5.31. The van der Waals surface area contributed by atoms with Crippen molar-refractivity contribution in [2.45, 2.75) is 12.6 Å². The van der Waals surface area contributed by atoms with Crippen LogP contribution in [0.2, 0.25) is 0 Å². The Morgan fingerprint density at radius 3 is 2.92 bits per heavy atom. The highest BCUT2D eigenvalue weighted by molar-refractivity contribution is 7.18. The van der Waals surface area contributed by atoms with Gasteiger partial charge in [-0.2, -0.15) is 0 Å². The van der Waals surface area contributed by atoms with Crippen LogP contribution in [0.25, 0.3) is 10.2 Å². The van der Waals surface area contributed by atoms with Crippen LogP contribution in [-0.2, 0) is 6.54 Å². The number of hydrogen-bond acceptors (Lipinski definition) is 6. The van der Waals surface area contributed by atoms with E-state index in [1.807, 2.05) is 24.5 Å². The Labute approximate surface area is 157 Å². The van der Waals surface area contributed by atoms with E-state index in [-0.39, 0.29) is 12.4 Å². The van der Waals surface area contributed by atoms with E-state index in [1.54, 1.807) is 18.4 Å². The van der Waals surface area contributed by atoms with Gasteiger partial charge in [-0.3, -0.25) is 9.88 Å². The van der Waals surface area contributed by atoms with Crippen molar-refractivity contribution in [3.05, 3.63) is 53.3 Å². The molecule has 132 valence electrons. The number of rotatable bonds is 4. The largest absolute Gasteiger partial charge is 0.497 e. The molecule has 1 aliphatic heterocycles. The molecule has 1 unspecified atom stereocenters. The number of nitrogens with one attached hydrogen (secondary N) is 1. The van der Waals surface area contributed by atoms with Crippen LogP contribution in [0.15, 0.2) is 42.7 Å². The minimum absolute atomic E-state index is 0. The summed E-state index contributed by atoms with van der Waals surface area (Å²) in [5, 5.41) is 4.65. The zero-order valence-corrected chi connectivity index (χ0v) is 15.6. The molecule has 3 heterocycles. The van der Waals surface area contributed by atoms with Crippen LogP contribution >= 0.6 is 23.7 Å². The van der Waals surface area contributed by atoms with Crippen molar-refractivity contribution in [2.24, 2.45) is 0 Å². The van der Waals surface area contributed by atoms with Gasteiger partial charge in [0.05, 0.1) is 23.9 Å². The monoisotopic (exact) mass is 376 g/mol. The van der Waals surface area contributed by atoms with E-state index < -0.39 is 0 Å². The molecule has 0 saturated carbocycles. The van der Waals surface area contributed by atoms with Crippen molar-refractivity contribution >= 4 is 34.0 Å². The summed E-state index contributed by atoms with van der Waals surface area (Å²) in [5.41, 5.74) is 2.35. The molecule has 25 heavy (non-hydrogen) atoms. The molecule has 1 N–H and O–H groups in total. The molecular weight excluding hydrogens is 356 g/mol. The number of hydrogen-bond donors (Lipinski definition) is 1. The number of thiazole rings is 1. The minimum atomic E-state index is 0. The normalized spacial score (nSPS) is 18.0. The van der Waals surface area contributed by atoms with Gasteiger partial charge in [-0.05, 0) is 35.9 Å². The highest BCUT2D eigenvalue weighted by Gasteiger charge is 2.24. The molecule has 5 nitrogen and oxygen atoms in total. The molecule has 0 bridgehead atoms. The van der Waals surface area contributed by atoms with Crippen LogP contribution in [0.3, 0.4) is 0 Å². The number of pyridine rings is 1. The molecule has 0 amide bonds. The summed E-state index contributed by atoms with van der Waals surface area (Å²) in [5.74, 6) is 0.884. The molecule has 0 radical (unpaired) electrons. The molecule has 4 rings (SSSR count). The van der Waals surface area contributed by atoms with E-state index >= 15 is 0 Å². The average Bonchev–Trinajstić information content (AvgIpc) is 3.04. The molecule has 0 spiro atoms. The minimum Gasteiger partial charge on any atom is -0.497 e. The van der Waals surface area contributed by atoms with Gasteiger partial charge in [-0.1, -0.05) is 0 Å². The van der Waals surface area contributed by atoms with Gasteiger partial charge in [-0.15, -0.1) is 23.7 Å². The molecule has 1 atom stereocenters. The Morgan fingerprint density at radius 2 is 2.12 bits per heavy atom. The second-order valence-electron chi connectivity index (χ2n) is 5.91. The van der Waals surface area contributed by atoms with Gasteiger partial charge in [0, 0.05) is 38.1 Å². The van der Waals surface area contributed by atoms with Crippen LogP contribution in [0, 0.1) is 0 Å². The first kappa shape index (κ1) is 18.1. The highest BCUT2D eigenvalue weighted by atomic mass is 35.5. The third kappa shape index (κ3) is 3.93. The van der Waals surface area contributed by atoms with Crippen LogP contribution in [0.5, 0.6) is 5.75 Å². The van der Waals surface area contributed by atoms with Crippen molar-refractivity contribution in [2.75, 3.05) is 26.7 Å². The summed E-state index contributed by atoms with van der Waals surface area (Å²) in [7, 11) is 1.70. The number of nitrogens with zero attached hydrogens (tertiary/aromatic N) is 3.